The van der Waals surface area contributed by atoms with Crippen molar-refractivity contribution < 1.29 is 4.79 Å². The number of carbonyl (C=O) groups excluding carboxylic acids is 1. The Labute approximate surface area is 185 Å². The van der Waals surface area contributed by atoms with Gasteiger partial charge in [0.05, 0.1) is 0 Å². The van der Waals surface area contributed by atoms with Crippen LogP contribution in [-0.4, -0.2) is 33.8 Å². The van der Waals surface area contributed by atoms with Crippen LogP contribution in [0.3, 0.4) is 0 Å². The Bertz CT molecular complexity index is 1100. The number of hydrogen-bond acceptors (Lipinski definition) is 6. The van der Waals surface area contributed by atoms with Gasteiger partial charge in [-0.05, 0) is 63.5 Å². The second-order valence-electron chi connectivity index (χ2n) is 7.23. The quantitative estimate of drug-likeness (QED) is 0.640. The van der Waals surface area contributed by atoms with Crippen molar-refractivity contribution in [3.63, 3.8) is 0 Å². The van der Waals surface area contributed by atoms with E-state index in [1.165, 1.54) is 11.3 Å². The number of aromatic nitrogens is 3. The Morgan fingerprint density at radius 1 is 1.20 bits per heavy atom. The molecule has 1 saturated heterocycles. The molecule has 30 heavy (non-hydrogen) atoms. The summed E-state index contributed by atoms with van der Waals surface area (Å²) in [5.74, 6) is -0.388. The summed E-state index contributed by atoms with van der Waals surface area (Å²) in [6.07, 6.45) is 3.57. The summed E-state index contributed by atoms with van der Waals surface area (Å²) in [6.45, 7) is 5.46. The maximum absolute atomic E-state index is 13.1. The summed E-state index contributed by atoms with van der Waals surface area (Å²) < 4.78 is 1.71. The number of amides is 1. The van der Waals surface area contributed by atoms with Crippen LogP contribution in [0.1, 0.15) is 39.8 Å². The van der Waals surface area contributed by atoms with Crippen LogP contribution in [0.4, 0.5) is 5.69 Å². The first kappa shape index (κ1) is 22.1. The van der Waals surface area contributed by atoms with E-state index in [4.69, 9.17) is 0 Å². The number of piperidine rings is 1. The third kappa shape index (κ3) is 4.61. The highest BCUT2D eigenvalue weighted by molar-refractivity contribution is 7.14. The summed E-state index contributed by atoms with van der Waals surface area (Å²) >= 11 is 1.49. The number of nitrogens with zero attached hydrogens (tertiary/aromatic N) is 3. The molecule has 1 aromatic carbocycles. The average molecular weight is 446 g/mol. The van der Waals surface area contributed by atoms with Gasteiger partial charge in [-0.1, -0.05) is 23.5 Å². The predicted molar refractivity (Wildman–Crippen MR) is 122 cm³/mol. The van der Waals surface area contributed by atoms with Gasteiger partial charge in [-0.25, -0.2) is 0 Å². The lowest BCUT2D eigenvalue weighted by molar-refractivity contribution is 0.102. The number of nitrogens with one attached hydrogen (secondary N) is 2. The van der Waals surface area contributed by atoms with Crippen molar-refractivity contribution in [3.8, 4) is 10.6 Å². The molecular weight excluding hydrogens is 422 g/mol. The molecule has 9 heteroatoms. The van der Waals surface area contributed by atoms with E-state index in [1.807, 2.05) is 37.4 Å². The molecule has 158 valence electrons. The summed E-state index contributed by atoms with van der Waals surface area (Å²) in [7, 11) is 0. The van der Waals surface area contributed by atoms with Crippen molar-refractivity contribution in [3.05, 3.63) is 63.0 Å². The Morgan fingerprint density at radius 3 is 2.67 bits per heavy atom. The summed E-state index contributed by atoms with van der Waals surface area (Å²) in [5.41, 5.74) is 2.14. The largest absolute Gasteiger partial charge is 0.322 e. The van der Waals surface area contributed by atoms with E-state index in [0.29, 0.717) is 11.3 Å². The second-order valence-corrected chi connectivity index (χ2v) is 8.41. The normalized spacial score (nSPS) is 14.2. The molecule has 0 bridgehead atoms. The molecule has 3 aromatic rings. The lowest BCUT2D eigenvalue weighted by Crippen LogP contribution is -2.37. The minimum atomic E-state index is -0.388. The molecule has 7 nitrogen and oxygen atoms in total. The Hall–Kier alpha value is -2.55. The van der Waals surface area contributed by atoms with Crippen molar-refractivity contribution in [2.45, 2.75) is 32.7 Å². The lowest BCUT2D eigenvalue weighted by Gasteiger charge is -2.25. The van der Waals surface area contributed by atoms with Gasteiger partial charge in [-0.15, -0.1) is 22.6 Å². The van der Waals surface area contributed by atoms with Gasteiger partial charge in [0.2, 0.25) is 0 Å². The fourth-order valence-corrected chi connectivity index (χ4v) is 4.31. The Kier molecular flexibility index (Phi) is 7.02. The lowest BCUT2D eigenvalue weighted by atomic mass is 10.0. The van der Waals surface area contributed by atoms with Gasteiger partial charge >= 0.3 is 0 Å². The first-order valence-corrected chi connectivity index (χ1v) is 10.5. The first-order chi connectivity index (χ1) is 14.0. The molecule has 1 fully saturated rings. The highest BCUT2D eigenvalue weighted by atomic mass is 35.5. The van der Waals surface area contributed by atoms with Crippen LogP contribution in [0, 0.1) is 13.8 Å². The summed E-state index contributed by atoms with van der Waals surface area (Å²) in [4.78, 5) is 26.1. The van der Waals surface area contributed by atoms with E-state index >= 15 is 0 Å². The number of anilines is 1. The fraction of sp³-hybridized carbons (Fsp3) is 0.333. The van der Waals surface area contributed by atoms with Crippen LogP contribution in [0.2, 0.25) is 0 Å². The third-order valence-corrected chi connectivity index (χ3v) is 6.04. The molecule has 2 N–H and O–H groups in total. The zero-order valence-electron chi connectivity index (χ0n) is 16.8. The zero-order chi connectivity index (χ0) is 20.4. The van der Waals surface area contributed by atoms with Gasteiger partial charge in [-0.2, -0.15) is 0 Å². The van der Waals surface area contributed by atoms with E-state index in [-0.39, 0.29) is 35.5 Å². The van der Waals surface area contributed by atoms with E-state index in [2.05, 4.69) is 20.8 Å². The molecule has 1 aliphatic heterocycles. The van der Waals surface area contributed by atoms with Crippen LogP contribution in [0.25, 0.3) is 10.6 Å². The summed E-state index contributed by atoms with van der Waals surface area (Å²) in [6, 6.07) is 9.40. The smallest absolute Gasteiger partial charge is 0.263 e. The first-order valence-electron chi connectivity index (χ1n) is 9.67. The maximum Gasteiger partial charge on any atom is 0.263 e. The van der Waals surface area contributed by atoms with Gasteiger partial charge < -0.3 is 15.2 Å². The number of carbonyl (C=O) groups is 1. The number of benzene rings is 1. The van der Waals surface area contributed by atoms with Crippen LogP contribution in [-0.2, 0) is 0 Å². The number of pyridine rings is 1. The Morgan fingerprint density at radius 2 is 1.97 bits per heavy atom. The standard InChI is InChI=1S/C21H23N5O2S.ClH/c1-13-8-11-26(17-6-9-22-10-7-17)21(28)18(13)19(27)23-16-5-3-4-15(12-16)20-25-24-14(2)29-20;/h3-5,8,11-12,17,22H,6-7,9-10H2,1-2H3,(H,23,27);1H. The highest BCUT2D eigenvalue weighted by Gasteiger charge is 2.21. The number of aryl methyl sites for hydroxylation is 2. The molecule has 0 unspecified atom stereocenters. The fourth-order valence-electron chi connectivity index (χ4n) is 3.63. The molecule has 0 atom stereocenters. The van der Waals surface area contributed by atoms with Gasteiger partial charge in [0.1, 0.15) is 15.6 Å². The van der Waals surface area contributed by atoms with E-state index in [1.54, 1.807) is 17.6 Å². The molecular formula is C21H24ClN5O2S. The van der Waals surface area contributed by atoms with Gasteiger partial charge in [0.15, 0.2) is 0 Å². The number of halogens is 1. The third-order valence-electron chi connectivity index (χ3n) is 5.15. The van der Waals surface area contributed by atoms with E-state index < -0.39 is 0 Å². The molecule has 3 heterocycles. The molecule has 0 saturated carbocycles. The van der Waals surface area contributed by atoms with Crippen molar-refractivity contribution in [1.29, 1.82) is 0 Å². The molecule has 4 rings (SSSR count). The highest BCUT2D eigenvalue weighted by Crippen LogP contribution is 2.26. The molecule has 0 aliphatic carbocycles. The van der Waals surface area contributed by atoms with Crippen molar-refractivity contribution >= 4 is 35.3 Å². The predicted octanol–water partition coefficient (Wildman–Crippen LogP) is 3.58. The second kappa shape index (κ2) is 9.51. The molecule has 0 radical (unpaired) electrons. The minimum Gasteiger partial charge on any atom is -0.322 e. The van der Waals surface area contributed by atoms with Crippen molar-refractivity contribution in [2.24, 2.45) is 0 Å². The van der Waals surface area contributed by atoms with E-state index in [9.17, 15) is 9.59 Å². The van der Waals surface area contributed by atoms with Crippen molar-refractivity contribution in [1.82, 2.24) is 20.1 Å². The molecule has 2 aromatic heterocycles. The topological polar surface area (TPSA) is 88.9 Å². The maximum atomic E-state index is 13.1. The number of rotatable bonds is 4. The average Bonchev–Trinajstić information content (AvgIpc) is 3.15. The van der Waals surface area contributed by atoms with Gasteiger partial charge in [0, 0.05) is 23.5 Å². The van der Waals surface area contributed by atoms with Gasteiger partial charge in [-0.3, -0.25) is 9.59 Å². The van der Waals surface area contributed by atoms with Crippen LogP contribution in [0.5, 0.6) is 0 Å². The SMILES string of the molecule is Cc1nnc(-c2cccc(NC(=O)c3c(C)ccn(C4CCNCC4)c3=O)c2)s1.Cl. The minimum absolute atomic E-state index is 0. The van der Waals surface area contributed by atoms with Crippen LogP contribution >= 0.6 is 23.7 Å². The Balaban J connectivity index is 0.00000256. The van der Waals surface area contributed by atoms with Gasteiger partial charge in [0.25, 0.3) is 11.5 Å². The molecule has 1 aliphatic rings. The summed E-state index contributed by atoms with van der Waals surface area (Å²) in [5, 5.41) is 16.1. The van der Waals surface area contributed by atoms with Crippen molar-refractivity contribution in [2.75, 3.05) is 18.4 Å². The monoisotopic (exact) mass is 445 g/mol. The zero-order valence-corrected chi connectivity index (χ0v) is 18.5. The van der Waals surface area contributed by atoms with Crippen LogP contribution in [0.15, 0.2) is 41.3 Å². The van der Waals surface area contributed by atoms with Crippen LogP contribution < -0.4 is 16.2 Å². The van der Waals surface area contributed by atoms with E-state index in [0.717, 1.165) is 41.5 Å². The molecule has 1 amide bonds. The number of hydrogen-bond donors (Lipinski definition) is 2. The molecule has 0 spiro atoms.